The van der Waals surface area contributed by atoms with Crippen molar-refractivity contribution in [3.63, 3.8) is 0 Å². The van der Waals surface area contributed by atoms with Crippen molar-refractivity contribution in [1.82, 2.24) is 4.90 Å². The Labute approximate surface area is 164 Å². The molecule has 0 unspecified atom stereocenters. The molecule has 2 fully saturated rings. The standard InChI is InChI=1S/C20H28BrNO4/c1-3-24-20(23)13-22-15-7-8-16(22)12-17(11-15)25-9-10-26-19-6-4-5-18(21)14(19)2/h4-6,15-17H,3,7-13H2,1-2H3/t15-,16+,17-. The minimum Gasteiger partial charge on any atom is -0.491 e. The summed E-state index contributed by atoms with van der Waals surface area (Å²) in [5.74, 6) is 0.786. The van der Waals surface area contributed by atoms with Crippen molar-refractivity contribution in [2.45, 2.75) is 57.7 Å². The van der Waals surface area contributed by atoms with Crippen LogP contribution in [0.4, 0.5) is 0 Å². The van der Waals surface area contributed by atoms with Crippen molar-refractivity contribution in [1.29, 1.82) is 0 Å². The molecule has 2 saturated heterocycles. The van der Waals surface area contributed by atoms with Crippen molar-refractivity contribution in [3.05, 3.63) is 28.2 Å². The van der Waals surface area contributed by atoms with Crippen LogP contribution in [0.5, 0.6) is 5.75 Å². The largest absolute Gasteiger partial charge is 0.491 e. The van der Waals surface area contributed by atoms with Crippen LogP contribution in [-0.4, -0.2) is 55.4 Å². The summed E-state index contributed by atoms with van der Waals surface area (Å²) in [6.07, 6.45) is 4.55. The molecule has 2 aliphatic heterocycles. The van der Waals surface area contributed by atoms with E-state index in [9.17, 15) is 4.79 Å². The Hall–Kier alpha value is -1.11. The molecule has 2 aliphatic rings. The van der Waals surface area contributed by atoms with E-state index < -0.39 is 0 Å². The summed E-state index contributed by atoms with van der Waals surface area (Å²) in [4.78, 5) is 14.1. The molecule has 1 aromatic rings. The van der Waals surface area contributed by atoms with Crippen LogP contribution in [0.2, 0.25) is 0 Å². The third-order valence-corrected chi connectivity index (χ3v) is 6.23. The molecular weight excluding hydrogens is 398 g/mol. The second kappa shape index (κ2) is 9.20. The smallest absolute Gasteiger partial charge is 0.320 e. The number of hydrogen-bond acceptors (Lipinski definition) is 5. The molecule has 2 heterocycles. The van der Waals surface area contributed by atoms with Crippen LogP contribution >= 0.6 is 15.9 Å². The number of hydrogen-bond donors (Lipinski definition) is 0. The second-order valence-corrected chi connectivity index (χ2v) is 7.89. The number of fused-ring (bicyclic) bond motifs is 2. The molecule has 0 radical (unpaired) electrons. The van der Waals surface area contributed by atoms with E-state index in [1.165, 1.54) is 0 Å². The third kappa shape index (κ3) is 4.78. The Kier molecular flexibility index (Phi) is 6.95. The van der Waals surface area contributed by atoms with Crippen molar-refractivity contribution in [3.8, 4) is 5.75 Å². The van der Waals surface area contributed by atoms with Gasteiger partial charge in [-0.05, 0) is 51.7 Å². The quantitative estimate of drug-likeness (QED) is 0.469. The van der Waals surface area contributed by atoms with E-state index in [1.54, 1.807) is 0 Å². The normalized spacial score (nSPS) is 25.3. The second-order valence-electron chi connectivity index (χ2n) is 7.04. The van der Waals surface area contributed by atoms with E-state index in [2.05, 4.69) is 20.8 Å². The number of piperidine rings is 1. The van der Waals surface area contributed by atoms with E-state index in [4.69, 9.17) is 14.2 Å². The third-order valence-electron chi connectivity index (χ3n) is 5.37. The molecule has 3 rings (SSSR count). The molecule has 5 nitrogen and oxygen atoms in total. The van der Waals surface area contributed by atoms with Gasteiger partial charge in [-0.25, -0.2) is 0 Å². The first kappa shape index (κ1) is 19.6. The van der Waals surface area contributed by atoms with Gasteiger partial charge in [0, 0.05) is 22.1 Å². The van der Waals surface area contributed by atoms with Crippen LogP contribution in [0.25, 0.3) is 0 Å². The predicted octanol–water partition coefficient (Wildman–Crippen LogP) is 3.71. The minimum atomic E-state index is -0.110. The first-order valence-electron chi connectivity index (χ1n) is 9.49. The van der Waals surface area contributed by atoms with Gasteiger partial charge < -0.3 is 14.2 Å². The first-order valence-corrected chi connectivity index (χ1v) is 10.3. The van der Waals surface area contributed by atoms with Gasteiger partial charge in [0.15, 0.2) is 0 Å². The van der Waals surface area contributed by atoms with Gasteiger partial charge >= 0.3 is 5.97 Å². The topological polar surface area (TPSA) is 48.0 Å². The van der Waals surface area contributed by atoms with Gasteiger partial charge in [0.25, 0.3) is 0 Å². The highest BCUT2D eigenvalue weighted by atomic mass is 79.9. The lowest BCUT2D eigenvalue weighted by molar-refractivity contribution is -0.146. The molecule has 0 aromatic heterocycles. The Morgan fingerprint density at radius 2 is 1.96 bits per heavy atom. The molecule has 0 aliphatic carbocycles. The SMILES string of the molecule is CCOC(=O)CN1[C@@H]2CC[C@H]1C[C@H](OCCOc1cccc(Br)c1C)C2. The van der Waals surface area contributed by atoms with Gasteiger partial charge in [-0.2, -0.15) is 0 Å². The van der Waals surface area contributed by atoms with Crippen molar-refractivity contribution in [2.75, 3.05) is 26.4 Å². The molecule has 0 N–H and O–H groups in total. The molecule has 3 atom stereocenters. The molecule has 1 aromatic carbocycles. The molecule has 0 saturated carbocycles. The molecular formula is C20H28BrNO4. The van der Waals surface area contributed by atoms with Gasteiger partial charge in [0.2, 0.25) is 0 Å². The average molecular weight is 426 g/mol. The summed E-state index contributed by atoms with van der Waals surface area (Å²) < 4.78 is 18.1. The van der Waals surface area contributed by atoms with Crippen LogP contribution < -0.4 is 4.74 Å². The van der Waals surface area contributed by atoms with Gasteiger partial charge in [-0.1, -0.05) is 22.0 Å². The molecule has 144 valence electrons. The lowest BCUT2D eigenvalue weighted by Gasteiger charge is -2.38. The van der Waals surface area contributed by atoms with Crippen molar-refractivity contribution < 1.29 is 19.0 Å². The molecule has 2 bridgehead atoms. The Bertz CT molecular complexity index is 610. The summed E-state index contributed by atoms with van der Waals surface area (Å²) in [5, 5.41) is 0. The van der Waals surface area contributed by atoms with E-state index in [-0.39, 0.29) is 12.1 Å². The Morgan fingerprint density at radius 1 is 1.23 bits per heavy atom. The summed E-state index contributed by atoms with van der Waals surface area (Å²) in [7, 11) is 0. The number of nitrogens with zero attached hydrogens (tertiary/aromatic N) is 1. The number of rotatable bonds is 8. The number of esters is 1. The fourth-order valence-electron chi connectivity index (χ4n) is 4.08. The number of ether oxygens (including phenoxy) is 3. The van der Waals surface area contributed by atoms with E-state index >= 15 is 0 Å². The Balaban J connectivity index is 1.41. The van der Waals surface area contributed by atoms with E-state index in [0.717, 1.165) is 41.5 Å². The van der Waals surface area contributed by atoms with Crippen LogP contribution in [0.15, 0.2) is 22.7 Å². The molecule has 26 heavy (non-hydrogen) atoms. The summed E-state index contributed by atoms with van der Waals surface area (Å²) in [6, 6.07) is 6.85. The zero-order chi connectivity index (χ0) is 18.5. The van der Waals surface area contributed by atoms with E-state index in [0.29, 0.717) is 38.4 Å². The van der Waals surface area contributed by atoms with Crippen LogP contribution in [0.1, 0.15) is 38.2 Å². The zero-order valence-electron chi connectivity index (χ0n) is 15.6. The fraction of sp³-hybridized carbons (Fsp3) is 0.650. The molecule has 0 spiro atoms. The van der Waals surface area contributed by atoms with Crippen LogP contribution in [0.3, 0.4) is 0 Å². The maximum Gasteiger partial charge on any atom is 0.320 e. The first-order chi connectivity index (χ1) is 12.6. The number of carbonyl (C=O) groups excluding carboxylic acids is 1. The van der Waals surface area contributed by atoms with Gasteiger partial charge in [0.05, 0.1) is 25.9 Å². The van der Waals surface area contributed by atoms with Crippen molar-refractivity contribution in [2.24, 2.45) is 0 Å². The highest BCUT2D eigenvalue weighted by molar-refractivity contribution is 9.10. The zero-order valence-corrected chi connectivity index (χ0v) is 17.2. The molecule has 0 amide bonds. The number of carbonyl (C=O) groups is 1. The van der Waals surface area contributed by atoms with Crippen LogP contribution in [0, 0.1) is 6.92 Å². The lowest BCUT2D eigenvalue weighted by Crippen LogP contribution is -2.48. The van der Waals surface area contributed by atoms with Gasteiger partial charge in [-0.3, -0.25) is 9.69 Å². The summed E-state index contributed by atoms with van der Waals surface area (Å²) in [6.45, 7) is 5.90. The van der Waals surface area contributed by atoms with Crippen molar-refractivity contribution >= 4 is 21.9 Å². The maximum atomic E-state index is 11.8. The fourth-order valence-corrected chi connectivity index (χ4v) is 4.43. The highest BCUT2D eigenvalue weighted by Gasteiger charge is 2.41. The number of halogens is 1. The average Bonchev–Trinajstić information content (AvgIpc) is 2.84. The maximum absolute atomic E-state index is 11.8. The van der Waals surface area contributed by atoms with E-state index in [1.807, 2.05) is 32.0 Å². The van der Waals surface area contributed by atoms with Crippen LogP contribution in [-0.2, 0) is 14.3 Å². The number of benzene rings is 1. The lowest BCUT2D eigenvalue weighted by atomic mass is 10.00. The summed E-state index contributed by atoms with van der Waals surface area (Å²) in [5.41, 5.74) is 1.11. The van der Waals surface area contributed by atoms with Gasteiger partial charge in [-0.15, -0.1) is 0 Å². The highest BCUT2D eigenvalue weighted by Crippen LogP contribution is 2.36. The monoisotopic (exact) mass is 425 g/mol. The molecule has 6 heteroatoms. The minimum absolute atomic E-state index is 0.110. The Morgan fingerprint density at radius 3 is 2.65 bits per heavy atom. The predicted molar refractivity (Wildman–Crippen MR) is 103 cm³/mol. The van der Waals surface area contributed by atoms with Gasteiger partial charge in [0.1, 0.15) is 12.4 Å². The summed E-state index contributed by atoms with van der Waals surface area (Å²) >= 11 is 3.52.